The zero-order chi connectivity index (χ0) is 15.6. The molecule has 0 bridgehead atoms. The van der Waals surface area contributed by atoms with Crippen molar-refractivity contribution in [2.24, 2.45) is 0 Å². The van der Waals surface area contributed by atoms with Crippen molar-refractivity contribution in [3.8, 4) is 0 Å². The summed E-state index contributed by atoms with van der Waals surface area (Å²) >= 11 is 4.92. The average Bonchev–Trinajstić information content (AvgIpc) is 2.84. The SMILES string of the molecule is CC(C)(C)c1csc(CC(C(=O)O)c2cccc(Br)c2)n1. The van der Waals surface area contributed by atoms with Crippen LogP contribution in [0.1, 0.15) is 43.0 Å². The number of hydrogen-bond acceptors (Lipinski definition) is 3. The van der Waals surface area contributed by atoms with Gasteiger partial charge in [0.25, 0.3) is 0 Å². The van der Waals surface area contributed by atoms with Crippen molar-refractivity contribution in [2.45, 2.75) is 38.5 Å². The van der Waals surface area contributed by atoms with Crippen molar-refractivity contribution in [3.63, 3.8) is 0 Å². The number of carbonyl (C=O) groups is 1. The first-order valence-corrected chi connectivity index (χ1v) is 8.38. The van der Waals surface area contributed by atoms with Crippen molar-refractivity contribution in [1.82, 2.24) is 4.98 Å². The maximum Gasteiger partial charge on any atom is 0.311 e. The van der Waals surface area contributed by atoms with Gasteiger partial charge in [-0.1, -0.05) is 48.8 Å². The van der Waals surface area contributed by atoms with Crippen LogP contribution in [0, 0.1) is 0 Å². The Bertz CT molecular complexity index is 646. The van der Waals surface area contributed by atoms with Gasteiger partial charge in [0.1, 0.15) is 0 Å². The Morgan fingerprint density at radius 1 is 1.43 bits per heavy atom. The highest BCUT2D eigenvalue weighted by Crippen LogP contribution is 2.28. The minimum absolute atomic E-state index is 0.0107. The maximum absolute atomic E-state index is 11.6. The molecule has 0 aliphatic carbocycles. The summed E-state index contributed by atoms with van der Waals surface area (Å²) in [5.41, 5.74) is 1.80. The summed E-state index contributed by atoms with van der Waals surface area (Å²) in [4.78, 5) is 16.2. The molecule has 2 rings (SSSR count). The molecule has 1 unspecified atom stereocenters. The minimum atomic E-state index is -0.819. The molecule has 0 aliphatic rings. The van der Waals surface area contributed by atoms with Crippen LogP contribution in [0.3, 0.4) is 0 Å². The lowest BCUT2D eigenvalue weighted by Gasteiger charge is -2.15. The Morgan fingerprint density at radius 2 is 2.14 bits per heavy atom. The molecule has 0 saturated heterocycles. The second kappa shape index (κ2) is 6.28. The highest BCUT2D eigenvalue weighted by atomic mass is 79.9. The van der Waals surface area contributed by atoms with E-state index in [0.717, 1.165) is 20.7 Å². The van der Waals surface area contributed by atoms with Crippen molar-refractivity contribution in [2.75, 3.05) is 0 Å². The summed E-state index contributed by atoms with van der Waals surface area (Å²) in [5.74, 6) is -1.39. The second-order valence-corrected chi connectivity index (χ2v) is 7.88. The minimum Gasteiger partial charge on any atom is -0.481 e. The number of halogens is 1. The number of aromatic nitrogens is 1. The lowest BCUT2D eigenvalue weighted by molar-refractivity contribution is -0.138. The van der Waals surface area contributed by atoms with Crippen molar-refractivity contribution in [3.05, 3.63) is 50.4 Å². The molecule has 5 heteroatoms. The van der Waals surface area contributed by atoms with Crippen LogP contribution in [0.5, 0.6) is 0 Å². The lowest BCUT2D eigenvalue weighted by Crippen LogP contribution is -2.15. The number of nitrogens with zero attached hydrogens (tertiary/aromatic N) is 1. The van der Waals surface area contributed by atoms with Crippen LogP contribution in [-0.2, 0) is 16.6 Å². The normalized spacial score (nSPS) is 13.1. The summed E-state index contributed by atoms with van der Waals surface area (Å²) in [5, 5.41) is 12.4. The van der Waals surface area contributed by atoms with Gasteiger partial charge in [0.05, 0.1) is 16.6 Å². The molecule has 1 atom stereocenters. The van der Waals surface area contributed by atoms with Gasteiger partial charge in [0, 0.05) is 21.7 Å². The van der Waals surface area contributed by atoms with Gasteiger partial charge >= 0.3 is 5.97 Å². The molecular weight excluding hydrogens is 350 g/mol. The van der Waals surface area contributed by atoms with Crippen molar-refractivity contribution in [1.29, 1.82) is 0 Å². The van der Waals surface area contributed by atoms with Crippen molar-refractivity contribution >= 4 is 33.2 Å². The molecule has 0 fully saturated rings. The topological polar surface area (TPSA) is 50.2 Å². The molecule has 0 aliphatic heterocycles. The number of hydrogen-bond donors (Lipinski definition) is 1. The molecule has 0 amide bonds. The predicted molar refractivity (Wildman–Crippen MR) is 89.0 cm³/mol. The van der Waals surface area contributed by atoms with Crippen LogP contribution in [0.25, 0.3) is 0 Å². The molecule has 3 nitrogen and oxygen atoms in total. The van der Waals surface area contributed by atoms with E-state index in [-0.39, 0.29) is 5.41 Å². The van der Waals surface area contributed by atoms with E-state index < -0.39 is 11.9 Å². The summed E-state index contributed by atoms with van der Waals surface area (Å²) in [6.45, 7) is 6.32. The Morgan fingerprint density at radius 3 is 2.67 bits per heavy atom. The average molecular weight is 368 g/mol. The number of thiazole rings is 1. The second-order valence-electron chi connectivity index (χ2n) is 6.03. The monoisotopic (exact) mass is 367 g/mol. The van der Waals surface area contributed by atoms with Crippen molar-refractivity contribution < 1.29 is 9.90 Å². The smallest absolute Gasteiger partial charge is 0.311 e. The number of rotatable bonds is 4. The fourth-order valence-electron chi connectivity index (χ4n) is 1.99. The lowest BCUT2D eigenvalue weighted by atomic mass is 9.93. The third-order valence-electron chi connectivity index (χ3n) is 3.25. The van der Waals surface area contributed by atoms with Gasteiger partial charge in [-0.05, 0) is 17.7 Å². The third kappa shape index (κ3) is 4.14. The van der Waals surface area contributed by atoms with Crippen LogP contribution in [0.2, 0.25) is 0 Å². The summed E-state index contributed by atoms with van der Waals surface area (Å²) in [7, 11) is 0. The summed E-state index contributed by atoms with van der Waals surface area (Å²) < 4.78 is 0.890. The first-order valence-electron chi connectivity index (χ1n) is 6.70. The fourth-order valence-corrected chi connectivity index (χ4v) is 3.48. The molecule has 0 spiro atoms. The van der Waals surface area contributed by atoms with Gasteiger partial charge < -0.3 is 5.11 Å². The van der Waals surface area contributed by atoms with Crippen LogP contribution in [0.4, 0.5) is 0 Å². The summed E-state index contributed by atoms with van der Waals surface area (Å²) in [6.07, 6.45) is 0.423. The van der Waals surface area contributed by atoms with Gasteiger partial charge in [0.2, 0.25) is 0 Å². The van der Waals surface area contributed by atoms with Gasteiger partial charge in [0.15, 0.2) is 0 Å². The molecule has 112 valence electrons. The van der Waals surface area contributed by atoms with Crippen LogP contribution in [-0.4, -0.2) is 16.1 Å². The highest BCUT2D eigenvalue weighted by Gasteiger charge is 2.24. The molecular formula is C16H18BrNO2S. The van der Waals surface area contributed by atoms with Gasteiger partial charge in [-0.2, -0.15) is 0 Å². The zero-order valence-electron chi connectivity index (χ0n) is 12.3. The largest absolute Gasteiger partial charge is 0.481 e. The standard InChI is InChI=1S/C16H18BrNO2S/c1-16(2,3)13-9-21-14(18-13)8-12(15(19)20)10-5-4-6-11(17)7-10/h4-7,9,12H,8H2,1-3H3,(H,19,20). The molecule has 1 aromatic heterocycles. The summed E-state index contributed by atoms with van der Waals surface area (Å²) in [6, 6.07) is 7.46. The Balaban J connectivity index is 2.25. The number of carboxylic acid groups (broad SMARTS) is 1. The van der Waals surface area contributed by atoms with Crippen LogP contribution >= 0.6 is 27.3 Å². The van der Waals surface area contributed by atoms with E-state index in [4.69, 9.17) is 0 Å². The predicted octanol–water partition coefficient (Wildman–Crippen LogP) is 4.61. The van der Waals surface area contributed by atoms with Gasteiger partial charge in [-0.3, -0.25) is 4.79 Å². The highest BCUT2D eigenvalue weighted by molar-refractivity contribution is 9.10. The molecule has 2 aromatic rings. The van der Waals surface area contributed by atoms with E-state index in [2.05, 4.69) is 41.7 Å². The first-order chi connectivity index (χ1) is 9.77. The van der Waals surface area contributed by atoms with Gasteiger partial charge in [-0.25, -0.2) is 4.98 Å². The Labute approximate surface area is 137 Å². The third-order valence-corrected chi connectivity index (χ3v) is 4.61. The zero-order valence-corrected chi connectivity index (χ0v) is 14.7. The molecule has 0 saturated carbocycles. The van der Waals surface area contributed by atoms with Crippen LogP contribution < -0.4 is 0 Å². The van der Waals surface area contributed by atoms with E-state index in [0.29, 0.717) is 6.42 Å². The van der Waals surface area contributed by atoms with E-state index >= 15 is 0 Å². The fraction of sp³-hybridized carbons (Fsp3) is 0.375. The molecule has 1 aromatic carbocycles. The number of benzene rings is 1. The van der Waals surface area contributed by atoms with E-state index in [1.165, 1.54) is 11.3 Å². The van der Waals surface area contributed by atoms with E-state index in [9.17, 15) is 9.90 Å². The van der Waals surface area contributed by atoms with E-state index in [1.54, 1.807) is 0 Å². The maximum atomic E-state index is 11.6. The molecule has 1 heterocycles. The van der Waals surface area contributed by atoms with E-state index in [1.807, 2.05) is 29.6 Å². The quantitative estimate of drug-likeness (QED) is 0.857. The number of carboxylic acids is 1. The van der Waals surface area contributed by atoms with Gasteiger partial charge in [-0.15, -0.1) is 11.3 Å². The Kier molecular flexibility index (Phi) is 4.84. The molecule has 21 heavy (non-hydrogen) atoms. The van der Waals surface area contributed by atoms with Crippen LogP contribution in [0.15, 0.2) is 34.1 Å². The Hall–Kier alpha value is -1.20. The number of aliphatic carboxylic acids is 1. The first kappa shape index (κ1) is 16.2. The molecule has 1 N–H and O–H groups in total. The molecule has 0 radical (unpaired) electrons.